The summed E-state index contributed by atoms with van der Waals surface area (Å²) in [6.45, 7) is 2.62. The van der Waals surface area contributed by atoms with Crippen LogP contribution in [0.15, 0.2) is 48.5 Å². The van der Waals surface area contributed by atoms with E-state index in [0.29, 0.717) is 12.2 Å². The van der Waals surface area contributed by atoms with Crippen molar-refractivity contribution >= 4 is 28.9 Å². The summed E-state index contributed by atoms with van der Waals surface area (Å²) in [4.78, 5) is 26.8. The first kappa shape index (κ1) is 16.8. The summed E-state index contributed by atoms with van der Waals surface area (Å²) in [6, 6.07) is 14.2. The van der Waals surface area contributed by atoms with Gasteiger partial charge < -0.3 is 20.3 Å². The van der Waals surface area contributed by atoms with E-state index in [0.717, 1.165) is 17.1 Å². The van der Waals surface area contributed by atoms with E-state index in [9.17, 15) is 9.59 Å². The van der Waals surface area contributed by atoms with Gasteiger partial charge >= 0.3 is 0 Å². The zero-order chi connectivity index (χ0) is 17.8. The van der Waals surface area contributed by atoms with Gasteiger partial charge in [-0.3, -0.25) is 9.59 Å². The molecule has 6 nitrogen and oxygen atoms in total. The highest BCUT2D eigenvalue weighted by molar-refractivity contribution is 6.06. The zero-order valence-electron chi connectivity index (χ0n) is 14.3. The van der Waals surface area contributed by atoms with E-state index in [-0.39, 0.29) is 18.2 Å². The van der Waals surface area contributed by atoms with Crippen molar-refractivity contribution in [1.82, 2.24) is 0 Å². The molecule has 1 heterocycles. The number of likely N-dealkylation sites (N-methyl/N-ethyl adjacent to an activating group) is 1. The lowest BCUT2D eigenvalue weighted by Crippen LogP contribution is -2.49. The molecule has 0 saturated heterocycles. The summed E-state index contributed by atoms with van der Waals surface area (Å²) in [6.07, 6.45) is 0.0834. The number of carbonyl (C=O) groups excluding carboxylic acids is 2. The molecule has 1 aliphatic heterocycles. The summed E-state index contributed by atoms with van der Waals surface area (Å²) in [5.41, 5.74) is 2.39. The second-order valence-corrected chi connectivity index (χ2v) is 5.79. The van der Waals surface area contributed by atoms with Crippen molar-refractivity contribution in [1.29, 1.82) is 0 Å². The number of fused-ring (bicyclic) bond motifs is 1. The molecule has 1 aliphatic rings. The first-order chi connectivity index (χ1) is 12.1. The fraction of sp³-hybridized carbons (Fsp3) is 0.263. The average Bonchev–Trinajstić information content (AvgIpc) is 2.63. The second kappa shape index (κ2) is 7.25. The molecule has 0 aromatic heterocycles. The summed E-state index contributed by atoms with van der Waals surface area (Å²) < 4.78 is 5.10. The van der Waals surface area contributed by atoms with Crippen LogP contribution in [-0.2, 0) is 9.59 Å². The number of benzene rings is 2. The van der Waals surface area contributed by atoms with Crippen LogP contribution in [0.4, 0.5) is 17.1 Å². The first-order valence-electron chi connectivity index (χ1n) is 8.22. The summed E-state index contributed by atoms with van der Waals surface area (Å²) in [5.74, 6) is 0.354. The van der Waals surface area contributed by atoms with Crippen molar-refractivity contribution in [3.05, 3.63) is 48.5 Å². The smallest absolute Gasteiger partial charge is 0.247 e. The summed E-state index contributed by atoms with van der Waals surface area (Å²) in [5, 5.41) is 5.71. The maximum absolute atomic E-state index is 12.4. The van der Waals surface area contributed by atoms with Crippen molar-refractivity contribution in [3.63, 3.8) is 0 Å². The Morgan fingerprint density at radius 2 is 1.92 bits per heavy atom. The molecule has 0 bridgehead atoms. The van der Waals surface area contributed by atoms with E-state index in [4.69, 9.17) is 4.74 Å². The molecule has 6 heteroatoms. The fourth-order valence-corrected chi connectivity index (χ4v) is 3.01. The normalized spacial score (nSPS) is 16.0. The number of rotatable bonds is 5. The predicted octanol–water partition coefficient (Wildman–Crippen LogP) is 2.87. The lowest BCUT2D eigenvalue weighted by atomic mass is 10.0. The molecule has 0 saturated carbocycles. The van der Waals surface area contributed by atoms with Gasteiger partial charge in [-0.1, -0.05) is 12.1 Å². The number of methoxy groups -OCH3 is 1. The van der Waals surface area contributed by atoms with Gasteiger partial charge in [0, 0.05) is 12.2 Å². The number of hydrogen-bond donors (Lipinski definition) is 2. The molecule has 3 rings (SSSR count). The molecule has 130 valence electrons. The van der Waals surface area contributed by atoms with Crippen LogP contribution in [0.25, 0.3) is 0 Å². The van der Waals surface area contributed by atoms with Crippen molar-refractivity contribution in [3.8, 4) is 5.75 Å². The summed E-state index contributed by atoms with van der Waals surface area (Å²) >= 11 is 0. The molecular weight excluding hydrogens is 318 g/mol. The highest BCUT2D eigenvalue weighted by Crippen LogP contribution is 2.32. The predicted molar refractivity (Wildman–Crippen MR) is 98.1 cm³/mol. The number of hydrogen-bond acceptors (Lipinski definition) is 4. The van der Waals surface area contributed by atoms with Crippen LogP contribution in [0.2, 0.25) is 0 Å². The number of anilines is 3. The van der Waals surface area contributed by atoms with E-state index in [1.807, 2.05) is 36.1 Å². The molecule has 0 unspecified atom stereocenters. The zero-order valence-corrected chi connectivity index (χ0v) is 14.3. The molecule has 0 spiro atoms. The highest BCUT2D eigenvalue weighted by Gasteiger charge is 2.33. The van der Waals surface area contributed by atoms with E-state index < -0.39 is 6.04 Å². The van der Waals surface area contributed by atoms with E-state index in [2.05, 4.69) is 10.6 Å². The quantitative estimate of drug-likeness (QED) is 0.879. The Balaban J connectivity index is 1.72. The van der Waals surface area contributed by atoms with Gasteiger partial charge in [0.15, 0.2) is 0 Å². The number of nitrogens with one attached hydrogen (secondary N) is 2. The molecule has 0 fully saturated rings. The number of nitrogens with zero attached hydrogens (tertiary/aromatic N) is 1. The summed E-state index contributed by atoms with van der Waals surface area (Å²) in [7, 11) is 1.59. The molecular formula is C19H21N3O3. The monoisotopic (exact) mass is 339 g/mol. The van der Waals surface area contributed by atoms with Crippen LogP contribution in [0.3, 0.4) is 0 Å². The van der Waals surface area contributed by atoms with Crippen molar-refractivity contribution < 1.29 is 14.3 Å². The van der Waals surface area contributed by atoms with Gasteiger partial charge in [-0.15, -0.1) is 0 Å². The first-order valence-corrected chi connectivity index (χ1v) is 8.22. The topological polar surface area (TPSA) is 70.7 Å². The number of para-hydroxylation sites is 2. The SMILES string of the molecule is CCN1c2ccccc2NC(=O)[C@@H]1CC(=O)Nc1ccc(OC)cc1. The van der Waals surface area contributed by atoms with Gasteiger partial charge in [0.2, 0.25) is 11.8 Å². The Morgan fingerprint density at radius 1 is 1.20 bits per heavy atom. The van der Waals surface area contributed by atoms with Crippen LogP contribution in [0.5, 0.6) is 5.75 Å². The van der Waals surface area contributed by atoms with Crippen LogP contribution in [0.1, 0.15) is 13.3 Å². The maximum atomic E-state index is 12.4. The molecule has 1 atom stereocenters. The van der Waals surface area contributed by atoms with Gasteiger partial charge in [0.25, 0.3) is 0 Å². The van der Waals surface area contributed by atoms with E-state index in [1.165, 1.54) is 0 Å². The lowest BCUT2D eigenvalue weighted by molar-refractivity contribution is -0.122. The number of ether oxygens (including phenoxy) is 1. The average molecular weight is 339 g/mol. The minimum Gasteiger partial charge on any atom is -0.497 e. The van der Waals surface area contributed by atoms with Gasteiger partial charge in [-0.25, -0.2) is 0 Å². The standard InChI is InChI=1S/C19H21N3O3/c1-3-22-16-7-5-4-6-15(16)21-19(24)17(22)12-18(23)20-13-8-10-14(25-2)11-9-13/h4-11,17H,3,12H2,1-2H3,(H,20,23)(H,21,24)/t17-/m0/s1. The molecule has 0 radical (unpaired) electrons. The fourth-order valence-electron chi connectivity index (χ4n) is 3.01. The van der Waals surface area contributed by atoms with Gasteiger partial charge in [0.05, 0.1) is 24.9 Å². The molecule has 25 heavy (non-hydrogen) atoms. The van der Waals surface area contributed by atoms with Crippen LogP contribution in [0, 0.1) is 0 Å². The molecule has 2 aromatic rings. The minimum atomic E-state index is -0.529. The molecule has 2 N–H and O–H groups in total. The van der Waals surface area contributed by atoms with Crippen molar-refractivity contribution in [2.75, 3.05) is 29.2 Å². The highest BCUT2D eigenvalue weighted by atomic mass is 16.5. The Kier molecular flexibility index (Phi) is 4.88. The Morgan fingerprint density at radius 3 is 2.60 bits per heavy atom. The number of amides is 2. The van der Waals surface area contributed by atoms with E-state index >= 15 is 0 Å². The molecule has 2 amide bonds. The molecule has 0 aliphatic carbocycles. The van der Waals surface area contributed by atoms with Crippen molar-refractivity contribution in [2.24, 2.45) is 0 Å². The number of carbonyl (C=O) groups is 2. The van der Waals surface area contributed by atoms with Gasteiger partial charge in [0.1, 0.15) is 11.8 Å². The third-order valence-corrected chi connectivity index (χ3v) is 4.24. The Bertz CT molecular complexity index is 774. The van der Waals surface area contributed by atoms with E-state index in [1.54, 1.807) is 31.4 Å². The largest absolute Gasteiger partial charge is 0.497 e. The van der Waals surface area contributed by atoms with Crippen LogP contribution < -0.4 is 20.3 Å². The third-order valence-electron chi connectivity index (χ3n) is 4.24. The Hall–Kier alpha value is -3.02. The lowest BCUT2D eigenvalue weighted by Gasteiger charge is -2.37. The Labute approximate surface area is 146 Å². The van der Waals surface area contributed by atoms with Crippen LogP contribution >= 0.6 is 0 Å². The second-order valence-electron chi connectivity index (χ2n) is 5.79. The van der Waals surface area contributed by atoms with Gasteiger partial charge in [-0.2, -0.15) is 0 Å². The van der Waals surface area contributed by atoms with Crippen LogP contribution in [-0.4, -0.2) is 31.5 Å². The molecule has 2 aromatic carbocycles. The van der Waals surface area contributed by atoms with Gasteiger partial charge in [-0.05, 0) is 43.3 Å². The third kappa shape index (κ3) is 3.57. The van der Waals surface area contributed by atoms with Crippen molar-refractivity contribution in [2.45, 2.75) is 19.4 Å². The minimum absolute atomic E-state index is 0.0834. The maximum Gasteiger partial charge on any atom is 0.247 e.